The molecule has 180 valence electrons. The van der Waals surface area contributed by atoms with Crippen molar-refractivity contribution in [3.05, 3.63) is 112 Å². The predicted molar refractivity (Wildman–Crippen MR) is 133 cm³/mol. The van der Waals surface area contributed by atoms with E-state index in [9.17, 15) is 13.2 Å². The average molecular weight is 496 g/mol. The van der Waals surface area contributed by atoms with Crippen LogP contribution in [0, 0.1) is 0 Å². The van der Waals surface area contributed by atoms with Gasteiger partial charge in [-0.2, -0.15) is 18.3 Å². The topological polar surface area (TPSA) is 29.9 Å². The van der Waals surface area contributed by atoms with Gasteiger partial charge in [-0.15, -0.1) is 0 Å². The van der Waals surface area contributed by atoms with Gasteiger partial charge in [0.05, 0.1) is 22.0 Å². The van der Waals surface area contributed by atoms with E-state index in [4.69, 9.17) is 16.7 Å². The van der Waals surface area contributed by atoms with Crippen LogP contribution in [0.4, 0.5) is 19.0 Å². The van der Waals surface area contributed by atoms with Gasteiger partial charge in [0.1, 0.15) is 5.82 Å². The highest BCUT2D eigenvalue weighted by molar-refractivity contribution is 6.32. The number of nitrogens with one attached hydrogen (secondary N) is 1. The van der Waals surface area contributed by atoms with E-state index >= 15 is 0 Å². The fourth-order valence-corrected chi connectivity index (χ4v) is 4.95. The lowest BCUT2D eigenvalue weighted by molar-refractivity contribution is -0.137. The molecule has 7 heteroatoms. The van der Waals surface area contributed by atoms with Crippen LogP contribution >= 0.6 is 11.6 Å². The Labute approximate surface area is 207 Å². The summed E-state index contributed by atoms with van der Waals surface area (Å²) in [6.07, 6.45) is -1.07. The Morgan fingerprint density at radius 1 is 0.914 bits per heavy atom. The molecule has 0 radical (unpaired) electrons. The van der Waals surface area contributed by atoms with Gasteiger partial charge in [0.25, 0.3) is 0 Å². The molecule has 5 rings (SSSR count). The maximum absolute atomic E-state index is 13.5. The largest absolute Gasteiger partial charge is 0.416 e. The lowest BCUT2D eigenvalue weighted by atomic mass is 9.86. The third-order valence-electron chi connectivity index (χ3n) is 6.52. The molecule has 0 bridgehead atoms. The molecule has 0 aliphatic carbocycles. The van der Waals surface area contributed by atoms with Crippen molar-refractivity contribution in [3.8, 4) is 5.69 Å². The first-order valence-electron chi connectivity index (χ1n) is 11.7. The van der Waals surface area contributed by atoms with Gasteiger partial charge in [0.15, 0.2) is 0 Å². The molecule has 0 saturated heterocycles. The van der Waals surface area contributed by atoms with Gasteiger partial charge in [-0.25, -0.2) is 4.68 Å². The number of alkyl halides is 3. The summed E-state index contributed by atoms with van der Waals surface area (Å²) < 4.78 is 42.0. The monoisotopic (exact) mass is 495 g/mol. The maximum atomic E-state index is 13.5. The van der Waals surface area contributed by atoms with Crippen molar-refractivity contribution in [1.82, 2.24) is 9.78 Å². The first kappa shape index (κ1) is 23.5. The maximum Gasteiger partial charge on any atom is 0.416 e. The van der Waals surface area contributed by atoms with E-state index in [-0.39, 0.29) is 16.6 Å². The fraction of sp³-hybridized carbons (Fsp3) is 0.250. The normalized spacial score (nSPS) is 13.9. The summed E-state index contributed by atoms with van der Waals surface area (Å²) >= 11 is 6.41. The molecule has 0 amide bonds. The van der Waals surface area contributed by atoms with Gasteiger partial charge >= 0.3 is 6.18 Å². The number of rotatable bonds is 5. The van der Waals surface area contributed by atoms with Crippen molar-refractivity contribution in [1.29, 1.82) is 0 Å². The SMILES string of the molecule is FC(F)(F)c1ccc(Cl)c(-n2nc(CC(c3ccccc3)c3ccccc3)c3c2NCCCC3)c1. The van der Waals surface area contributed by atoms with Gasteiger partial charge in [-0.05, 0) is 48.6 Å². The number of hydrogen-bond acceptors (Lipinski definition) is 2. The summed E-state index contributed by atoms with van der Waals surface area (Å²) in [5, 5.41) is 8.52. The highest BCUT2D eigenvalue weighted by Crippen LogP contribution is 2.37. The van der Waals surface area contributed by atoms with Gasteiger partial charge < -0.3 is 5.32 Å². The smallest absolute Gasteiger partial charge is 0.370 e. The number of fused-ring (bicyclic) bond motifs is 1. The quantitative estimate of drug-likeness (QED) is 0.308. The van der Waals surface area contributed by atoms with Crippen LogP contribution < -0.4 is 5.32 Å². The number of nitrogens with zero attached hydrogens (tertiary/aromatic N) is 2. The molecule has 3 nitrogen and oxygen atoms in total. The van der Waals surface area contributed by atoms with E-state index in [0.717, 1.165) is 55.0 Å². The second-order valence-corrected chi connectivity index (χ2v) is 9.22. The number of halogens is 4. The Morgan fingerprint density at radius 2 is 1.57 bits per heavy atom. The number of anilines is 1. The van der Waals surface area contributed by atoms with Gasteiger partial charge in [0.2, 0.25) is 0 Å². The fourth-order valence-electron chi connectivity index (χ4n) is 4.76. The van der Waals surface area contributed by atoms with Gasteiger partial charge in [0, 0.05) is 24.4 Å². The van der Waals surface area contributed by atoms with E-state index in [1.807, 2.05) is 36.4 Å². The highest BCUT2D eigenvalue weighted by atomic mass is 35.5. The van der Waals surface area contributed by atoms with Crippen molar-refractivity contribution >= 4 is 17.4 Å². The van der Waals surface area contributed by atoms with Crippen molar-refractivity contribution in [2.45, 2.75) is 37.8 Å². The Bertz CT molecular complexity index is 1260. The Kier molecular flexibility index (Phi) is 6.56. The minimum Gasteiger partial charge on any atom is -0.370 e. The molecule has 4 aromatic rings. The van der Waals surface area contributed by atoms with E-state index in [1.54, 1.807) is 4.68 Å². The number of aromatic nitrogens is 2. The molecule has 0 saturated carbocycles. The summed E-state index contributed by atoms with van der Waals surface area (Å²) in [5.74, 6) is 0.795. The lowest BCUT2D eigenvalue weighted by Gasteiger charge is -2.18. The second kappa shape index (κ2) is 9.78. The third kappa shape index (κ3) is 4.94. The molecular formula is C28H25ClF3N3. The molecule has 1 N–H and O–H groups in total. The van der Waals surface area contributed by atoms with E-state index in [2.05, 4.69) is 29.6 Å². The van der Waals surface area contributed by atoms with Crippen LogP contribution in [-0.4, -0.2) is 16.3 Å². The van der Waals surface area contributed by atoms with Crippen molar-refractivity contribution in [3.63, 3.8) is 0 Å². The number of hydrogen-bond donors (Lipinski definition) is 1. The highest BCUT2D eigenvalue weighted by Gasteiger charge is 2.32. The predicted octanol–water partition coefficient (Wildman–Crippen LogP) is 7.67. The molecule has 0 unspecified atom stereocenters. The third-order valence-corrected chi connectivity index (χ3v) is 6.84. The minimum absolute atomic E-state index is 0.0603. The van der Waals surface area contributed by atoms with Crippen LogP contribution in [0.1, 0.15) is 46.7 Å². The summed E-state index contributed by atoms with van der Waals surface area (Å²) in [7, 11) is 0. The Hall–Kier alpha value is -3.25. The summed E-state index contributed by atoms with van der Waals surface area (Å²) in [5.41, 5.74) is 3.74. The molecular weight excluding hydrogens is 471 g/mol. The zero-order valence-electron chi connectivity index (χ0n) is 19.0. The van der Waals surface area contributed by atoms with Crippen LogP contribution in [0.3, 0.4) is 0 Å². The summed E-state index contributed by atoms with van der Waals surface area (Å²) in [4.78, 5) is 0. The van der Waals surface area contributed by atoms with E-state index in [0.29, 0.717) is 6.42 Å². The van der Waals surface area contributed by atoms with Crippen LogP contribution in [0.5, 0.6) is 0 Å². The lowest BCUT2D eigenvalue weighted by Crippen LogP contribution is -2.10. The zero-order chi connectivity index (χ0) is 24.4. The summed E-state index contributed by atoms with van der Waals surface area (Å²) in [6, 6.07) is 23.9. The molecule has 1 aliphatic heterocycles. The van der Waals surface area contributed by atoms with Crippen molar-refractivity contribution < 1.29 is 13.2 Å². The first-order valence-corrected chi connectivity index (χ1v) is 12.1. The Morgan fingerprint density at radius 3 is 2.20 bits per heavy atom. The summed E-state index contributed by atoms with van der Waals surface area (Å²) in [6.45, 7) is 0.732. The first-order chi connectivity index (χ1) is 16.9. The number of benzene rings is 3. The Balaban J connectivity index is 1.63. The molecule has 3 aromatic carbocycles. The molecule has 1 aromatic heterocycles. The zero-order valence-corrected chi connectivity index (χ0v) is 19.8. The molecule has 1 aliphatic rings. The van der Waals surface area contributed by atoms with Crippen molar-refractivity contribution in [2.75, 3.05) is 11.9 Å². The molecule has 0 spiro atoms. The molecule has 2 heterocycles. The van der Waals surface area contributed by atoms with Gasteiger partial charge in [-0.1, -0.05) is 72.3 Å². The van der Waals surface area contributed by atoms with E-state index in [1.165, 1.54) is 17.2 Å². The van der Waals surface area contributed by atoms with E-state index < -0.39 is 11.7 Å². The van der Waals surface area contributed by atoms with Crippen LogP contribution in [-0.2, 0) is 19.0 Å². The van der Waals surface area contributed by atoms with Crippen LogP contribution in [0.2, 0.25) is 5.02 Å². The van der Waals surface area contributed by atoms with Crippen molar-refractivity contribution in [2.24, 2.45) is 0 Å². The molecule has 0 atom stereocenters. The van der Waals surface area contributed by atoms with Crippen LogP contribution in [0.15, 0.2) is 78.9 Å². The standard InChI is InChI=1S/C28H25ClF3N3/c29-24-15-14-21(28(30,31)32)17-26(24)35-27-22(13-7-8-16-33-27)25(34-35)18-23(19-9-3-1-4-10-19)20-11-5-2-6-12-20/h1-6,9-12,14-15,17,23,33H,7-8,13,16,18H2. The van der Waals surface area contributed by atoms with Gasteiger partial charge in [-0.3, -0.25) is 0 Å². The average Bonchev–Trinajstić information content (AvgIpc) is 3.02. The minimum atomic E-state index is -4.47. The second-order valence-electron chi connectivity index (χ2n) is 8.81. The van der Waals surface area contributed by atoms with Crippen LogP contribution in [0.25, 0.3) is 5.69 Å². The molecule has 0 fully saturated rings. The molecule has 35 heavy (non-hydrogen) atoms.